The van der Waals surface area contributed by atoms with Crippen LogP contribution in [0.5, 0.6) is 0 Å². The zero-order valence-electron chi connectivity index (χ0n) is 15.2. The molecular formula is C22H16Br2N2O2. The lowest BCUT2D eigenvalue weighted by molar-refractivity contribution is -0.112. The molecular weight excluding hydrogens is 484 g/mol. The first-order valence-electron chi connectivity index (χ1n) is 8.43. The number of carbonyl (C=O) groups excluding carboxylic acids is 1. The van der Waals surface area contributed by atoms with Crippen molar-refractivity contribution in [1.29, 1.82) is 5.26 Å². The second-order valence-corrected chi connectivity index (χ2v) is 8.04. The first-order chi connectivity index (χ1) is 13.4. The van der Waals surface area contributed by atoms with Crippen LogP contribution in [0, 0.1) is 25.2 Å². The fourth-order valence-electron chi connectivity index (χ4n) is 2.61. The van der Waals surface area contributed by atoms with E-state index >= 15 is 0 Å². The number of aryl methyl sites for hydroxylation is 2. The molecule has 140 valence electrons. The van der Waals surface area contributed by atoms with E-state index in [2.05, 4.69) is 37.2 Å². The lowest BCUT2D eigenvalue weighted by Crippen LogP contribution is -2.14. The van der Waals surface area contributed by atoms with Crippen LogP contribution in [-0.2, 0) is 4.79 Å². The maximum Gasteiger partial charge on any atom is 0.266 e. The van der Waals surface area contributed by atoms with Crippen molar-refractivity contribution in [2.24, 2.45) is 0 Å². The molecule has 0 aliphatic heterocycles. The van der Waals surface area contributed by atoms with Gasteiger partial charge in [-0.15, -0.1) is 0 Å². The Morgan fingerprint density at radius 3 is 2.64 bits per heavy atom. The van der Waals surface area contributed by atoms with Gasteiger partial charge in [0.05, 0.1) is 0 Å². The second-order valence-electron chi connectivity index (χ2n) is 6.27. The molecule has 0 fully saturated rings. The molecule has 1 aromatic heterocycles. The molecule has 0 saturated carbocycles. The van der Waals surface area contributed by atoms with Gasteiger partial charge in [0.2, 0.25) is 0 Å². The lowest BCUT2D eigenvalue weighted by atomic mass is 10.1. The Labute approximate surface area is 180 Å². The van der Waals surface area contributed by atoms with Gasteiger partial charge < -0.3 is 9.73 Å². The maximum atomic E-state index is 12.5. The van der Waals surface area contributed by atoms with Crippen LogP contribution in [0.25, 0.3) is 17.4 Å². The van der Waals surface area contributed by atoms with Crippen molar-refractivity contribution < 1.29 is 9.21 Å². The molecule has 0 saturated heterocycles. The van der Waals surface area contributed by atoms with Crippen LogP contribution in [0.4, 0.5) is 5.69 Å². The van der Waals surface area contributed by atoms with Crippen LogP contribution in [0.1, 0.15) is 16.9 Å². The van der Waals surface area contributed by atoms with E-state index in [1.54, 1.807) is 12.1 Å². The van der Waals surface area contributed by atoms with E-state index in [1.807, 2.05) is 56.3 Å². The Balaban J connectivity index is 1.86. The van der Waals surface area contributed by atoms with Crippen molar-refractivity contribution in [2.45, 2.75) is 13.8 Å². The molecule has 0 unspecified atom stereocenters. The fraction of sp³-hybridized carbons (Fsp3) is 0.0909. The summed E-state index contributed by atoms with van der Waals surface area (Å²) in [5, 5.41) is 12.2. The molecule has 0 spiro atoms. The summed E-state index contributed by atoms with van der Waals surface area (Å²) >= 11 is 6.94. The average Bonchev–Trinajstić information content (AvgIpc) is 3.13. The molecule has 0 atom stereocenters. The zero-order valence-corrected chi connectivity index (χ0v) is 18.4. The summed E-state index contributed by atoms with van der Waals surface area (Å²) in [5.41, 5.74) is 3.47. The SMILES string of the molecule is Cc1ccc(C)c(NC(=O)/C(C#N)=C/c2ccc(-c3cc(Br)ccc3Br)o2)c1. The number of nitrogens with one attached hydrogen (secondary N) is 1. The predicted octanol–water partition coefficient (Wildman–Crippen LogP) is 6.63. The van der Waals surface area contributed by atoms with Crippen LogP contribution in [0.3, 0.4) is 0 Å². The van der Waals surface area contributed by atoms with Crippen molar-refractivity contribution in [3.8, 4) is 17.4 Å². The maximum absolute atomic E-state index is 12.5. The third-order valence-electron chi connectivity index (χ3n) is 4.11. The molecule has 3 aromatic rings. The van der Waals surface area contributed by atoms with Crippen molar-refractivity contribution in [1.82, 2.24) is 0 Å². The summed E-state index contributed by atoms with van der Waals surface area (Å²) in [6.07, 6.45) is 1.44. The van der Waals surface area contributed by atoms with Crippen LogP contribution in [-0.4, -0.2) is 5.91 Å². The van der Waals surface area contributed by atoms with E-state index < -0.39 is 5.91 Å². The Morgan fingerprint density at radius 2 is 1.89 bits per heavy atom. The highest BCUT2D eigenvalue weighted by atomic mass is 79.9. The average molecular weight is 500 g/mol. The van der Waals surface area contributed by atoms with Gasteiger partial charge in [-0.2, -0.15) is 5.26 Å². The largest absolute Gasteiger partial charge is 0.457 e. The minimum atomic E-state index is -0.474. The van der Waals surface area contributed by atoms with Crippen LogP contribution in [0.15, 0.2) is 67.5 Å². The number of hydrogen-bond donors (Lipinski definition) is 1. The van der Waals surface area contributed by atoms with Gasteiger partial charge in [0, 0.05) is 26.3 Å². The Hall–Kier alpha value is -2.62. The highest BCUT2D eigenvalue weighted by Crippen LogP contribution is 2.32. The van der Waals surface area contributed by atoms with E-state index in [4.69, 9.17) is 4.42 Å². The van der Waals surface area contributed by atoms with E-state index in [1.165, 1.54) is 6.08 Å². The summed E-state index contributed by atoms with van der Waals surface area (Å²) in [6.45, 7) is 3.85. The highest BCUT2D eigenvalue weighted by Gasteiger charge is 2.13. The van der Waals surface area contributed by atoms with Gasteiger partial charge in [0.15, 0.2) is 0 Å². The van der Waals surface area contributed by atoms with E-state index in [0.717, 1.165) is 25.6 Å². The van der Waals surface area contributed by atoms with Crippen LogP contribution in [0.2, 0.25) is 0 Å². The number of nitrogens with zero attached hydrogens (tertiary/aromatic N) is 1. The molecule has 0 bridgehead atoms. The van der Waals surface area contributed by atoms with Gasteiger partial charge in [0.25, 0.3) is 5.91 Å². The second kappa shape index (κ2) is 8.59. The minimum absolute atomic E-state index is 0.0323. The first-order valence-corrected chi connectivity index (χ1v) is 10.0. The monoisotopic (exact) mass is 498 g/mol. The number of hydrogen-bond acceptors (Lipinski definition) is 3. The van der Waals surface area contributed by atoms with E-state index in [9.17, 15) is 10.1 Å². The molecule has 2 aromatic carbocycles. The topological polar surface area (TPSA) is 66.0 Å². The number of benzene rings is 2. The molecule has 28 heavy (non-hydrogen) atoms. The molecule has 3 rings (SSSR count). The van der Waals surface area contributed by atoms with Crippen molar-refractivity contribution in [2.75, 3.05) is 5.32 Å². The lowest BCUT2D eigenvalue weighted by Gasteiger charge is -2.08. The predicted molar refractivity (Wildman–Crippen MR) is 118 cm³/mol. The molecule has 0 radical (unpaired) electrons. The number of halogens is 2. The number of carbonyl (C=O) groups is 1. The molecule has 0 aliphatic carbocycles. The summed E-state index contributed by atoms with van der Waals surface area (Å²) in [4.78, 5) is 12.5. The highest BCUT2D eigenvalue weighted by molar-refractivity contribution is 9.11. The zero-order chi connectivity index (χ0) is 20.3. The Kier molecular flexibility index (Phi) is 6.18. The molecule has 0 aliphatic rings. The third kappa shape index (κ3) is 4.61. The van der Waals surface area contributed by atoms with Gasteiger partial charge >= 0.3 is 0 Å². The fourth-order valence-corrected chi connectivity index (χ4v) is 3.42. The van der Waals surface area contributed by atoms with Gasteiger partial charge in [-0.25, -0.2) is 0 Å². The van der Waals surface area contributed by atoms with E-state index in [0.29, 0.717) is 17.2 Å². The molecule has 1 heterocycles. The summed E-state index contributed by atoms with van der Waals surface area (Å²) < 4.78 is 7.63. The smallest absolute Gasteiger partial charge is 0.266 e. The molecule has 4 nitrogen and oxygen atoms in total. The minimum Gasteiger partial charge on any atom is -0.457 e. The summed E-state index contributed by atoms with van der Waals surface area (Å²) in [7, 11) is 0. The number of rotatable bonds is 4. The first kappa shape index (κ1) is 20.1. The normalized spacial score (nSPS) is 11.2. The summed E-state index contributed by atoms with van der Waals surface area (Å²) in [6, 6.07) is 17.0. The van der Waals surface area contributed by atoms with Crippen molar-refractivity contribution >= 4 is 49.5 Å². The quantitative estimate of drug-likeness (QED) is 0.323. The standard InChI is InChI=1S/C22H16Br2N2O2/c1-13-3-4-14(2)20(9-13)26-22(27)15(12-25)10-17-6-8-21(28-17)18-11-16(23)5-7-19(18)24/h3-11H,1-2H3,(H,26,27)/b15-10+. The van der Waals surface area contributed by atoms with Crippen LogP contribution < -0.4 is 5.32 Å². The molecule has 6 heteroatoms. The van der Waals surface area contributed by atoms with E-state index in [-0.39, 0.29) is 5.57 Å². The number of furan rings is 1. The molecule has 1 amide bonds. The number of anilines is 1. The van der Waals surface area contributed by atoms with Gasteiger partial charge in [-0.3, -0.25) is 4.79 Å². The number of nitriles is 1. The van der Waals surface area contributed by atoms with Crippen molar-refractivity contribution in [3.05, 3.63) is 79.9 Å². The van der Waals surface area contributed by atoms with Gasteiger partial charge in [-0.1, -0.05) is 44.0 Å². The Bertz CT molecular complexity index is 1120. The molecule has 1 N–H and O–H groups in total. The Morgan fingerprint density at radius 1 is 1.11 bits per heavy atom. The third-order valence-corrected chi connectivity index (χ3v) is 5.30. The van der Waals surface area contributed by atoms with Gasteiger partial charge in [0.1, 0.15) is 23.2 Å². The van der Waals surface area contributed by atoms with Crippen molar-refractivity contribution in [3.63, 3.8) is 0 Å². The van der Waals surface area contributed by atoms with Gasteiger partial charge in [-0.05, 0) is 61.4 Å². The van der Waals surface area contributed by atoms with Crippen LogP contribution >= 0.6 is 31.9 Å². The summed E-state index contributed by atoms with van der Waals surface area (Å²) in [5.74, 6) is 0.582. The number of amides is 1.